The van der Waals surface area contributed by atoms with Crippen molar-refractivity contribution in [1.82, 2.24) is 9.88 Å². The SMILES string of the molecule is Cn1ccc2ccc(C(=O)NC3c4ccccc4CC3O)cc21. The zero-order chi connectivity index (χ0) is 16.0. The van der Waals surface area contributed by atoms with Gasteiger partial charge in [0, 0.05) is 30.7 Å². The van der Waals surface area contributed by atoms with Crippen molar-refractivity contribution in [2.24, 2.45) is 7.05 Å². The van der Waals surface area contributed by atoms with Crippen LogP contribution in [0.5, 0.6) is 0 Å². The van der Waals surface area contributed by atoms with Crippen LogP contribution in [0.3, 0.4) is 0 Å². The third-order valence-corrected chi connectivity index (χ3v) is 4.64. The lowest BCUT2D eigenvalue weighted by atomic mass is 10.1. The summed E-state index contributed by atoms with van der Waals surface area (Å²) in [4.78, 5) is 12.6. The number of aliphatic hydroxyl groups is 1. The molecule has 2 N–H and O–H groups in total. The van der Waals surface area contributed by atoms with E-state index in [2.05, 4.69) is 5.32 Å². The Morgan fingerprint density at radius 2 is 2.04 bits per heavy atom. The molecule has 116 valence electrons. The summed E-state index contributed by atoms with van der Waals surface area (Å²) in [5.74, 6) is -0.158. The van der Waals surface area contributed by atoms with Crippen LogP contribution < -0.4 is 5.32 Å². The molecule has 0 fully saturated rings. The Kier molecular flexibility index (Phi) is 3.20. The minimum Gasteiger partial charge on any atom is -0.390 e. The zero-order valence-corrected chi connectivity index (χ0v) is 12.9. The lowest BCUT2D eigenvalue weighted by molar-refractivity contribution is 0.0858. The quantitative estimate of drug-likeness (QED) is 0.764. The number of nitrogens with zero attached hydrogens (tertiary/aromatic N) is 1. The highest BCUT2D eigenvalue weighted by molar-refractivity contribution is 5.98. The van der Waals surface area contributed by atoms with Gasteiger partial charge >= 0.3 is 0 Å². The molecule has 2 atom stereocenters. The number of rotatable bonds is 2. The highest BCUT2D eigenvalue weighted by atomic mass is 16.3. The smallest absolute Gasteiger partial charge is 0.251 e. The van der Waals surface area contributed by atoms with E-state index in [-0.39, 0.29) is 11.9 Å². The van der Waals surface area contributed by atoms with Crippen molar-refractivity contribution in [2.45, 2.75) is 18.6 Å². The second-order valence-corrected chi connectivity index (χ2v) is 6.12. The Morgan fingerprint density at radius 3 is 2.91 bits per heavy atom. The molecule has 1 amide bonds. The van der Waals surface area contributed by atoms with Crippen molar-refractivity contribution in [3.63, 3.8) is 0 Å². The van der Waals surface area contributed by atoms with Gasteiger partial charge in [0.25, 0.3) is 5.91 Å². The number of benzene rings is 2. The summed E-state index contributed by atoms with van der Waals surface area (Å²) >= 11 is 0. The number of aryl methyl sites for hydroxylation is 1. The van der Waals surface area contributed by atoms with Gasteiger partial charge in [0.2, 0.25) is 0 Å². The maximum atomic E-state index is 12.6. The molecule has 4 nitrogen and oxygen atoms in total. The highest BCUT2D eigenvalue weighted by Crippen LogP contribution is 2.31. The molecular weight excluding hydrogens is 288 g/mol. The normalized spacial score (nSPS) is 19.7. The molecule has 0 radical (unpaired) electrons. The molecule has 0 bridgehead atoms. The number of carbonyl (C=O) groups is 1. The second kappa shape index (κ2) is 5.25. The molecule has 0 spiro atoms. The average molecular weight is 306 g/mol. The Balaban J connectivity index is 1.63. The van der Waals surface area contributed by atoms with E-state index in [1.165, 1.54) is 0 Å². The summed E-state index contributed by atoms with van der Waals surface area (Å²) in [6, 6.07) is 15.2. The summed E-state index contributed by atoms with van der Waals surface area (Å²) in [5.41, 5.74) is 3.73. The van der Waals surface area contributed by atoms with Crippen LogP contribution in [0.2, 0.25) is 0 Å². The van der Waals surface area contributed by atoms with Crippen LogP contribution in [0.4, 0.5) is 0 Å². The van der Waals surface area contributed by atoms with Gasteiger partial charge in [-0.2, -0.15) is 0 Å². The lowest BCUT2D eigenvalue weighted by Crippen LogP contribution is -2.33. The van der Waals surface area contributed by atoms with E-state index in [0.29, 0.717) is 12.0 Å². The van der Waals surface area contributed by atoms with Gasteiger partial charge in [-0.3, -0.25) is 4.79 Å². The van der Waals surface area contributed by atoms with Gasteiger partial charge in [-0.15, -0.1) is 0 Å². The molecule has 4 heteroatoms. The first-order valence-electron chi connectivity index (χ1n) is 7.75. The minimum absolute atomic E-state index is 0.158. The molecule has 1 aliphatic carbocycles. The third kappa shape index (κ3) is 2.32. The zero-order valence-electron chi connectivity index (χ0n) is 12.9. The van der Waals surface area contributed by atoms with E-state index in [4.69, 9.17) is 0 Å². The average Bonchev–Trinajstić information content (AvgIpc) is 3.08. The molecule has 0 aliphatic heterocycles. The number of hydrogen-bond donors (Lipinski definition) is 2. The Bertz CT molecular complexity index is 897. The largest absolute Gasteiger partial charge is 0.390 e. The minimum atomic E-state index is -0.574. The number of nitrogens with one attached hydrogen (secondary N) is 1. The number of aromatic nitrogens is 1. The standard InChI is InChI=1S/C19H18N2O2/c1-21-9-8-12-6-7-14(10-16(12)21)19(23)20-18-15-5-3-2-4-13(15)11-17(18)22/h2-10,17-18,22H,11H2,1H3,(H,20,23). The molecule has 0 saturated heterocycles. The maximum Gasteiger partial charge on any atom is 0.251 e. The molecule has 1 aliphatic rings. The van der Waals surface area contributed by atoms with Crippen LogP contribution >= 0.6 is 0 Å². The van der Waals surface area contributed by atoms with E-state index >= 15 is 0 Å². The molecular formula is C19H18N2O2. The third-order valence-electron chi connectivity index (χ3n) is 4.64. The summed E-state index contributed by atoms with van der Waals surface area (Å²) < 4.78 is 1.99. The highest BCUT2D eigenvalue weighted by Gasteiger charge is 2.32. The van der Waals surface area contributed by atoms with Crippen LogP contribution in [0, 0.1) is 0 Å². The predicted octanol–water partition coefficient (Wildman–Crippen LogP) is 2.57. The maximum absolute atomic E-state index is 12.6. The van der Waals surface area contributed by atoms with Crippen LogP contribution in [-0.2, 0) is 13.5 Å². The van der Waals surface area contributed by atoms with Crippen LogP contribution in [-0.4, -0.2) is 21.7 Å². The monoisotopic (exact) mass is 306 g/mol. The van der Waals surface area contributed by atoms with E-state index in [9.17, 15) is 9.90 Å². The van der Waals surface area contributed by atoms with E-state index in [1.54, 1.807) is 0 Å². The summed E-state index contributed by atoms with van der Waals surface area (Å²) in [6.07, 6.45) is 1.98. The van der Waals surface area contributed by atoms with Crippen molar-refractivity contribution in [2.75, 3.05) is 0 Å². The summed E-state index contributed by atoms with van der Waals surface area (Å²) in [6.45, 7) is 0. The van der Waals surface area contributed by atoms with Gasteiger partial charge in [0.05, 0.1) is 12.1 Å². The number of aliphatic hydroxyl groups excluding tert-OH is 1. The number of fused-ring (bicyclic) bond motifs is 2. The van der Waals surface area contributed by atoms with E-state index in [1.807, 2.05) is 66.3 Å². The van der Waals surface area contributed by atoms with E-state index in [0.717, 1.165) is 22.0 Å². The fourth-order valence-electron chi connectivity index (χ4n) is 3.38. The van der Waals surface area contributed by atoms with Gasteiger partial charge in [-0.05, 0) is 34.7 Å². The number of amides is 1. The van der Waals surface area contributed by atoms with Crippen molar-refractivity contribution in [3.8, 4) is 0 Å². The topological polar surface area (TPSA) is 54.3 Å². The number of hydrogen-bond acceptors (Lipinski definition) is 2. The van der Waals surface area contributed by atoms with Crippen LogP contribution in [0.1, 0.15) is 27.5 Å². The van der Waals surface area contributed by atoms with Gasteiger partial charge < -0.3 is 15.0 Å². The first-order chi connectivity index (χ1) is 11.1. The molecule has 0 saturated carbocycles. The van der Waals surface area contributed by atoms with Gasteiger partial charge in [0.15, 0.2) is 0 Å². The first kappa shape index (κ1) is 14.0. The van der Waals surface area contributed by atoms with Gasteiger partial charge in [-0.1, -0.05) is 30.3 Å². The molecule has 23 heavy (non-hydrogen) atoms. The predicted molar refractivity (Wildman–Crippen MR) is 89.3 cm³/mol. The van der Waals surface area contributed by atoms with Crippen molar-refractivity contribution >= 4 is 16.8 Å². The van der Waals surface area contributed by atoms with Gasteiger partial charge in [0.1, 0.15) is 0 Å². The molecule has 1 heterocycles. The molecule has 2 aromatic carbocycles. The van der Waals surface area contributed by atoms with Crippen molar-refractivity contribution in [1.29, 1.82) is 0 Å². The van der Waals surface area contributed by atoms with Crippen LogP contribution in [0.15, 0.2) is 54.7 Å². The van der Waals surface area contributed by atoms with Crippen LogP contribution in [0.25, 0.3) is 10.9 Å². The van der Waals surface area contributed by atoms with Crippen molar-refractivity contribution < 1.29 is 9.90 Å². The van der Waals surface area contributed by atoms with Crippen molar-refractivity contribution in [3.05, 3.63) is 71.4 Å². The Hall–Kier alpha value is -2.59. The Morgan fingerprint density at radius 1 is 1.22 bits per heavy atom. The fraction of sp³-hybridized carbons (Fsp3) is 0.211. The first-order valence-corrected chi connectivity index (χ1v) is 7.75. The molecule has 1 aromatic heterocycles. The summed E-state index contributed by atoms with van der Waals surface area (Å²) in [7, 11) is 1.96. The summed E-state index contributed by atoms with van der Waals surface area (Å²) in [5, 5.41) is 14.4. The lowest BCUT2D eigenvalue weighted by Gasteiger charge is -2.18. The van der Waals surface area contributed by atoms with Gasteiger partial charge in [-0.25, -0.2) is 0 Å². The number of carbonyl (C=O) groups excluding carboxylic acids is 1. The van der Waals surface area contributed by atoms with E-state index < -0.39 is 6.10 Å². The molecule has 3 aromatic rings. The fourth-order valence-corrected chi connectivity index (χ4v) is 3.38. The molecule has 4 rings (SSSR count). The Labute approximate surface area is 134 Å². The molecule has 2 unspecified atom stereocenters. The second-order valence-electron chi connectivity index (χ2n) is 6.12.